The number of hydrogen-bond donors (Lipinski definition) is 1. The lowest BCUT2D eigenvalue weighted by Crippen LogP contribution is -2.35. The summed E-state index contributed by atoms with van der Waals surface area (Å²) < 4.78 is 19.4. The van der Waals surface area contributed by atoms with Crippen LogP contribution in [0.2, 0.25) is 0 Å². The Kier molecular flexibility index (Phi) is 5.55. The topological polar surface area (TPSA) is 21.3 Å². The highest BCUT2D eigenvalue weighted by Gasteiger charge is 2.13. The predicted octanol–water partition coefficient (Wildman–Crippen LogP) is 4.06. The Morgan fingerprint density at radius 3 is 2.63 bits per heavy atom. The third kappa shape index (κ3) is 5.88. The van der Waals surface area contributed by atoms with Crippen molar-refractivity contribution in [2.45, 2.75) is 46.2 Å². The number of rotatable bonds is 6. The van der Waals surface area contributed by atoms with Crippen molar-refractivity contribution in [3.8, 4) is 5.75 Å². The molecule has 0 spiro atoms. The molecular formula is C16H24FNO. The normalized spacial score (nSPS) is 11.4. The number of nitrogens with one attached hydrogen (secondary N) is 1. The first-order valence-electron chi connectivity index (χ1n) is 6.59. The second-order valence-electron chi connectivity index (χ2n) is 5.89. The Labute approximate surface area is 115 Å². The van der Waals surface area contributed by atoms with E-state index < -0.39 is 0 Å². The molecule has 0 atom stereocenters. The van der Waals surface area contributed by atoms with Crippen LogP contribution in [0.5, 0.6) is 5.75 Å². The molecule has 0 fully saturated rings. The Morgan fingerprint density at radius 2 is 2.05 bits per heavy atom. The van der Waals surface area contributed by atoms with Gasteiger partial charge >= 0.3 is 0 Å². The first-order chi connectivity index (χ1) is 8.79. The van der Waals surface area contributed by atoms with Gasteiger partial charge in [0.05, 0.1) is 6.61 Å². The van der Waals surface area contributed by atoms with Gasteiger partial charge in [-0.25, -0.2) is 4.39 Å². The van der Waals surface area contributed by atoms with E-state index in [1.807, 2.05) is 13.0 Å². The molecule has 19 heavy (non-hydrogen) atoms. The maximum atomic E-state index is 13.8. The summed E-state index contributed by atoms with van der Waals surface area (Å²) in [5.41, 5.74) is 1.86. The summed E-state index contributed by atoms with van der Waals surface area (Å²) in [6, 6.07) is 5.02. The van der Waals surface area contributed by atoms with Crippen LogP contribution in [0.25, 0.3) is 0 Å². The molecule has 2 nitrogen and oxygen atoms in total. The van der Waals surface area contributed by atoms with Crippen molar-refractivity contribution in [3.05, 3.63) is 41.7 Å². The number of benzene rings is 1. The minimum Gasteiger partial charge on any atom is -0.490 e. The van der Waals surface area contributed by atoms with Crippen LogP contribution >= 0.6 is 0 Å². The van der Waals surface area contributed by atoms with Crippen LogP contribution in [0, 0.1) is 5.82 Å². The van der Waals surface area contributed by atoms with Crippen LogP contribution in [0.1, 0.15) is 39.7 Å². The molecule has 0 aliphatic heterocycles. The van der Waals surface area contributed by atoms with Crippen LogP contribution in [0.15, 0.2) is 30.4 Å². The lowest BCUT2D eigenvalue weighted by Gasteiger charge is -2.22. The van der Waals surface area contributed by atoms with Gasteiger partial charge in [-0.15, -0.1) is 6.58 Å². The molecule has 3 heteroatoms. The molecule has 0 saturated carbocycles. The van der Waals surface area contributed by atoms with E-state index >= 15 is 0 Å². The largest absolute Gasteiger partial charge is 0.490 e. The van der Waals surface area contributed by atoms with Crippen molar-refractivity contribution in [2.75, 3.05) is 6.61 Å². The van der Waals surface area contributed by atoms with Gasteiger partial charge in [0.1, 0.15) is 0 Å². The zero-order chi connectivity index (χ0) is 14.5. The second kappa shape index (κ2) is 6.71. The zero-order valence-corrected chi connectivity index (χ0v) is 12.3. The number of para-hydroxylation sites is 1. The SMILES string of the molecule is C=C(C)CCOc1c(F)cccc1CNC(C)(C)C. The van der Waals surface area contributed by atoms with Gasteiger partial charge in [0.25, 0.3) is 0 Å². The van der Waals surface area contributed by atoms with E-state index in [4.69, 9.17) is 4.74 Å². The van der Waals surface area contributed by atoms with Crippen molar-refractivity contribution >= 4 is 0 Å². The Hall–Kier alpha value is -1.35. The van der Waals surface area contributed by atoms with Gasteiger partial charge in [0.15, 0.2) is 11.6 Å². The minimum absolute atomic E-state index is 0.0126. The van der Waals surface area contributed by atoms with Gasteiger partial charge in [-0.1, -0.05) is 17.7 Å². The Morgan fingerprint density at radius 1 is 1.37 bits per heavy atom. The van der Waals surface area contributed by atoms with Crippen LogP contribution < -0.4 is 10.1 Å². The molecular weight excluding hydrogens is 241 g/mol. The zero-order valence-electron chi connectivity index (χ0n) is 12.3. The summed E-state index contributed by atoms with van der Waals surface area (Å²) in [6.07, 6.45) is 0.737. The summed E-state index contributed by atoms with van der Waals surface area (Å²) in [6.45, 7) is 13.0. The molecule has 0 aliphatic rings. The quantitative estimate of drug-likeness (QED) is 0.783. The standard InChI is InChI=1S/C16H24FNO/c1-12(2)9-10-19-15-13(7-6-8-14(15)17)11-18-16(3,4)5/h6-8,18H,1,9-11H2,2-5H3. The van der Waals surface area contributed by atoms with Crippen LogP contribution in [-0.2, 0) is 6.54 Å². The average molecular weight is 265 g/mol. The van der Waals surface area contributed by atoms with Gasteiger partial charge in [-0.3, -0.25) is 0 Å². The summed E-state index contributed by atoms with van der Waals surface area (Å²) >= 11 is 0. The molecule has 0 amide bonds. The lowest BCUT2D eigenvalue weighted by molar-refractivity contribution is 0.298. The summed E-state index contributed by atoms with van der Waals surface area (Å²) in [4.78, 5) is 0. The highest BCUT2D eigenvalue weighted by atomic mass is 19.1. The molecule has 1 rings (SSSR count). The summed E-state index contributed by atoms with van der Waals surface area (Å²) in [7, 11) is 0. The van der Waals surface area contributed by atoms with E-state index in [1.54, 1.807) is 6.07 Å². The van der Waals surface area contributed by atoms with Crippen LogP contribution in [0.4, 0.5) is 4.39 Å². The predicted molar refractivity (Wildman–Crippen MR) is 77.9 cm³/mol. The van der Waals surface area contributed by atoms with Crippen molar-refractivity contribution in [1.82, 2.24) is 5.32 Å². The summed E-state index contributed by atoms with van der Waals surface area (Å²) in [5.74, 6) is 0.0374. The van der Waals surface area contributed by atoms with E-state index in [0.29, 0.717) is 18.9 Å². The first-order valence-corrected chi connectivity index (χ1v) is 6.59. The smallest absolute Gasteiger partial charge is 0.165 e. The first kappa shape index (κ1) is 15.7. The molecule has 0 aromatic heterocycles. The highest BCUT2D eigenvalue weighted by Crippen LogP contribution is 2.23. The van der Waals surface area contributed by atoms with E-state index in [1.165, 1.54) is 6.07 Å². The van der Waals surface area contributed by atoms with Crippen molar-refractivity contribution in [3.63, 3.8) is 0 Å². The van der Waals surface area contributed by atoms with Crippen molar-refractivity contribution < 1.29 is 9.13 Å². The molecule has 1 N–H and O–H groups in total. The Bertz CT molecular complexity index is 435. The van der Waals surface area contributed by atoms with Crippen molar-refractivity contribution in [1.29, 1.82) is 0 Å². The molecule has 0 saturated heterocycles. The average Bonchev–Trinajstić information content (AvgIpc) is 2.27. The molecule has 1 aromatic rings. The van der Waals surface area contributed by atoms with E-state index in [0.717, 1.165) is 17.6 Å². The number of hydrogen-bond acceptors (Lipinski definition) is 2. The third-order valence-corrected chi connectivity index (χ3v) is 2.63. The van der Waals surface area contributed by atoms with E-state index in [2.05, 4.69) is 32.7 Å². The van der Waals surface area contributed by atoms with Gasteiger partial charge in [0.2, 0.25) is 0 Å². The molecule has 0 heterocycles. The fourth-order valence-corrected chi connectivity index (χ4v) is 1.54. The monoisotopic (exact) mass is 265 g/mol. The van der Waals surface area contributed by atoms with Crippen molar-refractivity contribution in [2.24, 2.45) is 0 Å². The number of halogens is 1. The fourth-order valence-electron chi connectivity index (χ4n) is 1.54. The number of ether oxygens (including phenoxy) is 1. The van der Waals surface area contributed by atoms with Gasteiger partial charge in [-0.05, 0) is 33.8 Å². The molecule has 0 unspecified atom stereocenters. The maximum absolute atomic E-state index is 13.8. The van der Waals surface area contributed by atoms with E-state index in [9.17, 15) is 4.39 Å². The molecule has 106 valence electrons. The van der Waals surface area contributed by atoms with Crippen LogP contribution in [-0.4, -0.2) is 12.1 Å². The maximum Gasteiger partial charge on any atom is 0.165 e. The van der Waals surface area contributed by atoms with Gasteiger partial charge in [-0.2, -0.15) is 0 Å². The molecule has 1 aromatic carbocycles. The second-order valence-corrected chi connectivity index (χ2v) is 5.89. The lowest BCUT2D eigenvalue weighted by atomic mass is 10.1. The minimum atomic E-state index is -0.310. The highest BCUT2D eigenvalue weighted by molar-refractivity contribution is 5.35. The van der Waals surface area contributed by atoms with Gasteiger partial charge < -0.3 is 10.1 Å². The summed E-state index contributed by atoms with van der Waals surface area (Å²) in [5, 5.41) is 3.34. The molecule has 0 bridgehead atoms. The van der Waals surface area contributed by atoms with Gasteiger partial charge in [0, 0.05) is 24.1 Å². The Balaban J connectivity index is 2.74. The molecule has 0 radical (unpaired) electrons. The molecule has 0 aliphatic carbocycles. The fraction of sp³-hybridized carbons (Fsp3) is 0.500. The third-order valence-electron chi connectivity index (χ3n) is 2.63. The van der Waals surface area contributed by atoms with Crippen LogP contribution in [0.3, 0.4) is 0 Å². The van der Waals surface area contributed by atoms with E-state index in [-0.39, 0.29) is 11.4 Å².